The molecule has 10 heteroatoms. The summed E-state index contributed by atoms with van der Waals surface area (Å²) in [6, 6.07) is 4.62. The first-order chi connectivity index (χ1) is 12.8. The van der Waals surface area contributed by atoms with Gasteiger partial charge in [-0.25, -0.2) is 0 Å². The number of alkyl halides is 2. The predicted molar refractivity (Wildman–Crippen MR) is 101 cm³/mol. The Bertz CT molecular complexity index is 770. The number of carbonyl (C=O) groups excluding carboxylic acids is 1. The van der Waals surface area contributed by atoms with Crippen molar-refractivity contribution in [3.63, 3.8) is 0 Å². The van der Waals surface area contributed by atoms with E-state index in [1.807, 2.05) is 0 Å². The first kappa shape index (κ1) is 21.1. The highest BCUT2D eigenvalue weighted by Crippen LogP contribution is 2.38. The summed E-state index contributed by atoms with van der Waals surface area (Å²) in [5, 5.41) is 8.70. The second-order valence-corrected chi connectivity index (χ2v) is 6.99. The molecule has 1 aromatic carbocycles. The van der Waals surface area contributed by atoms with Crippen molar-refractivity contribution in [2.45, 2.75) is 26.4 Å². The number of halogens is 2. The molecule has 27 heavy (non-hydrogen) atoms. The maximum atomic E-state index is 12.8. The summed E-state index contributed by atoms with van der Waals surface area (Å²) in [5.74, 6) is -1.38. The molecule has 1 aliphatic rings. The maximum Gasteiger partial charge on any atom is 0.387 e. The fourth-order valence-electron chi connectivity index (χ4n) is 2.35. The molecule has 0 radical (unpaired) electrons. The van der Waals surface area contributed by atoms with Crippen LogP contribution in [0.25, 0.3) is 6.08 Å². The van der Waals surface area contributed by atoms with Gasteiger partial charge in [-0.15, -0.1) is 0 Å². The van der Waals surface area contributed by atoms with Gasteiger partial charge in [-0.2, -0.15) is 8.78 Å². The number of thioether (sulfide) groups is 1. The van der Waals surface area contributed by atoms with Gasteiger partial charge in [0.15, 0.2) is 11.5 Å². The molecular weight excluding hydrogens is 400 g/mol. The highest BCUT2D eigenvalue weighted by atomic mass is 32.2. The molecule has 1 aliphatic heterocycles. The molecule has 0 aliphatic carbocycles. The molecule has 1 aromatic rings. The molecular formula is C17H17F2NO5S2. The lowest BCUT2D eigenvalue weighted by atomic mass is 10.1. The summed E-state index contributed by atoms with van der Waals surface area (Å²) < 4.78 is 35.8. The summed E-state index contributed by atoms with van der Waals surface area (Å²) in [6.45, 7) is -0.909. The van der Waals surface area contributed by atoms with E-state index in [2.05, 4.69) is 4.74 Å². The third-order valence-corrected chi connectivity index (χ3v) is 4.83. The van der Waals surface area contributed by atoms with Gasteiger partial charge < -0.3 is 14.6 Å². The van der Waals surface area contributed by atoms with Crippen LogP contribution in [0.4, 0.5) is 8.78 Å². The number of carbonyl (C=O) groups is 2. The number of rotatable bonds is 9. The van der Waals surface area contributed by atoms with E-state index in [9.17, 15) is 18.4 Å². The van der Waals surface area contributed by atoms with Crippen LogP contribution in [0.15, 0.2) is 23.1 Å². The molecule has 1 N–H and O–H groups in total. The highest BCUT2D eigenvalue weighted by molar-refractivity contribution is 8.26. The number of carboxylic acids is 1. The Balaban J connectivity index is 2.27. The molecule has 0 atom stereocenters. The Kier molecular flexibility index (Phi) is 7.55. The average Bonchev–Trinajstić information content (AvgIpc) is 2.84. The summed E-state index contributed by atoms with van der Waals surface area (Å²) in [7, 11) is 0. The number of thiocarbonyl (C=S) groups is 1. The zero-order valence-electron chi connectivity index (χ0n) is 14.3. The number of nitrogens with zero attached hydrogens (tertiary/aromatic N) is 1. The molecule has 0 aromatic heterocycles. The van der Waals surface area contributed by atoms with E-state index in [0.29, 0.717) is 0 Å². The van der Waals surface area contributed by atoms with Crippen LogP contribution in [0.5, 0.6) is 11.5 Å². The molecule has 0 unspecified atom stereocenters. The van der Waals surface area contributed by atoms with Gasteiger partial charge in [0.2, 0.25) is 0 Å². The summed E-state index contributed by atoms with van der Waals surface area (Å²) in [5.41, 5.74) is 0.257. The largest absolute Gasteiger partial charge is 0.490 e. The van der Waals surface area contributed by atoms with Crippen LogP contribution in [0, 0.1) is 0 Å². The van der Waals surface area contributed by atoms with Crippen molar-refractivity contribution in [2.75, 3.05) is 13.2 Å². The smallest absolute Gasteiger partial charge is 0.387 e. The number of amides is 1. The van der Waals surface area contributed by atoms with Crippen molar-refractivity contribution < 1.29 is 33.0 Å². The van der Waals surface area contributed by atoms with E-state index in [-0.39, 0.29) is 52.3 Å². The van der Waals surface area contributed by atoms with E-state index in [1.165, 1.54) is 23.1 Å². The molecule has 1 heterocycles. The van der Waals surface area contributed by atoms with Crippen LogP contribution in [0.3, 0.4) is 0 Å². The van der Waals surface area contributed by atoms with Crippen LogP contribution in [-0.4, -0.2) is 46.0 Å². The van der Waals surface area contributed by atoms with Gasteiger partial charge in [0.1, 0.15) is 4.32 Å². The van der Waals surface area contributed by atoms with Crippen LogP contribution in [0.2, 0.25) is 0 Å². The first-order valence-corrected chi connectivity index (χ1v) is 9.23. The molecule has 146 valence electrons. The minimum atomic E-state index is -3.05. The predicted octanol–water partition coefficient (Wildman–Crippen LogP) is 3.75. The molecule has 0 saturated carbocycles. The fourth-order valence-corrected chi connectivity index (χ4v) is 3.65. The summed E-state index contributed by atoms with van der Waals surface area (Å²) in [4.78, 5) is 24.7. The van der Waals surface area contributed by atoms with Crippen LogP contribution < -0.4 is 9.47 Å². The molecule has 1 saturated heterocycles. The Morgan fingerprint density at radius 1 is 1.44 bits per heavy atom. The van der Waals surface area contributed by atoms with Gasteiger partial charge in [0.05, 0.1) is 11.5 Å². The quantitative estimate of drug-likeness (QED) is 0.484. The van der Waals surface area contributed by atoms with Crippen molar-refractivity contribution in [3.8, 4) is 11.5 Å². The molecule has 1 amide bonds. The molecule has 2 rings (SSSR count). The standard InChI is InChI=1S/C17H17F2NO5S2/c1-2-24-11-6-3-5-10(14(11)25-16(18)19)9-12-15(23)20(17(26)27-12)8-4-7-13(21)22/h3,5-6,9,16H,2,4,7-8H2,1H3,(H,21,22)/b12-9-. The van der Waals surface area contributed by atoms with Gasteiger partial charge >= 0.3 is 12.6 Å². The topological polar surface area (TPSA) is 76.1 Å². The second kappa shape index (κ2) is 9.65. The Morgan fingerprint density at radius 3 is 2.81 bits per heavy atom. The zero-order chi connectivity index (χ0) is 20.0. The lowest BCUT2D eigenvalue weighted by Gasteiger charge is -2.14. The van der Waals surface area contributed by atoms with Gasteiger partial charge in [-0.3, -0.25) is 14.5 Å². The minimum Gasteiger partial charge on any atom is -0.490 e. The monoisotopic (exact) mass is 417 g/mol. The SMILES string of the molecule is CCOc1cccc(/C=C2\SC(=S)N(CCCC(=O)O)C2=O)c1OC(F)F. The third kappa shape index (κ3) is 5.64. The average molecular weight is 417 g/mol. The van der Waals surface area contributed by atoms with Crippen molar-refractivity contribution in [1.82, 2.24) is 4.90 Å². The second-order valence-electron chi connectivity index (χ2n) is 5.32. The first-order valence-electron chi connectivity index (χ1n) is 8.01. The Morgan fingerprint density at radius 2 is 2.19 bits per heavy atom. The highest BCUT2D eigenvalue weighted by Gasteiger charge is 2.32. The lowest BCUT2D eigenvalue weighted by molar-refractivity contribution is -0.137. The van der Waals surface area contributed by atoms with E-state index >= 15 is 0 Å². The normalized spacial score (nSPS) is 15.7. The maximum absolute atomic E-state index is 12.8. The molecule has 6 nitrogen and oxygen atoms in total. The number of ether oxygens (including phenoxy) is 2. The van der Waals surface area contributed by atoms with Crippen molar-refractivity contribution >= 4 is 46.3 Å². The van der Waals surface area contributed by atoms with E-state index in [1.54, 1.807) is 13.0 Å². The van der Waals surface area contributed by atoms with E-state index in [0.717, 1.165) is 11.8 Å². The summed E-state index contributed by atoms with van der Waals surface area (Å²) >= 11 is 6.18. The summed E-state index contributed by atoms with van der Waals surface area (Å²) in [6.07, 6.45) is 1.59. The van der Waals surface area contributed by atoms with Crippen molar-refractivity contribution in [2.24, 2.45) is 0 Å². The fraction of sp³-hybridized carbons (Fsp3) is 0.353. The van der Waals surface area contributed by atoms with Gasteiger partial charge in [-0.05, 0) is 25.5 Å². The van der Waals surface area contributed by atoms with E-state index < -0.39 is 18.5 Å². The van der Waals surface area contributed by atoms with Gasteiger partial charge in [0.25, 0.3) is 5.91 Å². The van der Waals surface area contributed by atoms with Crippen molar-refractivity contribution in [3.05, 3.63) is 28.7 Å². The number of para-hydroxylation sites is 1. The number of carboxylic acid groups (broad SMARTS) is 1. The molecule has 0 spiro atoms. The van der Waals surface area contributed by atoms with Crippen LogP contribution >= 0.6 is 24.0 Å². The van der Waals surface area contributed by atoms with Gasteiger partial charge in [-0.1, -0.05) is 36.1 Å². The number of hydrogen-bond donors (Lipinski definition) is 1. The van der Waals surface area contributed by atoms with Crippen molar-refractivity contribution in [1.29, 1.82) is 0 Å². The van der Waals surface area contributed by atoms with Crippen LogP contribution in [0.1, 0.15) is 25.3 Å². The lowest BCUT2D eigenvalue weighted by Crippen LogP contribution is -2.29. The molecule has 1 fully saturated rings. The Hall–Kier alpha value is -2.20. The van der Waals surface area contributed by atoms with E-state index in [4.69, 9.17) is 22.1 Å². The van der Waals surface area contributed by atoms with Gasteiger partial charge in [0, 0.05) is 18.5 Å². The van der Waals surface area contributed by atoms with Crippen LogP contribution in [-0.2, 0) is 9.59 Å². The Labute approximate surface area is 164 Å². The number of benzene rings is 1. The number of aliphatic carboxylic acids is 1. The third-order valence-electron chi connectivity index (χ3n) is 3.45. The minimum absolute atomic E-state index is 0.0844. The zero-order valence-corrected chi connectivity index (χ0v) is 15.9. The number of hydrogen-bond acceptors (Lipinski definition) is 6. The molecule has 0 bridgehead atoms.